The maximum absolute atomic E-state index is 5.41. The van der Waals surface area contributed by atoms with Gasteiger partial charge in [0.15, 0.2) is 0 Å². The molecule has 1 aromatic carbocycles. The van der Waals surface area contributed by atoms with Crippen LogP contribution in [0.5, 0.6) is 5.75 Å². The molecule has 23 heavy (non-hydrogen) atoms. The van der Waals surface area contributed by atoms with E-state index in [0.29, 0.717) is 6.54 Å². The van der Waals surface area contributed by atoms with Crippen molar-refractivity contribution in [3.8, 4) is 5.75 Å². The van der Waals surface area contributed by atoms with Gasteiger partial charge in [-0.05, 0) is 37.5 Å². The summed E-state index contributed by atoms with van der Waals surface area (Å²) < 4.78 is 6.44. The first-order valence-electron chi connectivity index (χ1n) is 7.89. The highest BCUT2D eigenvalue weighted by molar-refractivity contribution is 9.10. The second-order valence-corrected chi connectivity index (χ2v) is 6.53. The van der Waals surface area contributed by atoms with E-state index in [1.165, 1.54) is 19.3 Å². The number of halogens is 1. The number of anilines is 2. The monoisotopic (exact) mass is 376 g/mol. The Balaban J connectivity index is 1.70. The van der Waals surface area contributed by atoms with Crippen molar-refractivity contribution in [3.63, 3.8) is 0 Å². The van der Waals surface area contributed by atoms with E-state index in [4.69, 9.17) is 4.74 Å². The number of hydrogen-bond donors (Lipinski definition) is 1. The predicted octanol–water partition coefficient (Wildman–Crippen LogP) is 3.85. The molecule has 0 atom stereocenters. The van der Waals surface area contributed by atoms with Gasteiger partial charge in [-0.15, -0.1) is 0 Å². The number of methoxy groups -OCH3 is 1. The molecule has 0 saturated carbocycles. The third-order valence-electron chi connectivity index (χ3n) is 4.04. The van der Waals surface area contributed by atoms with E-state index < -0.39 is 0 Å². The van der Waals surface area contributed by atoms with Crippen molar-refractivity contribution < 1.29 is 4.74 Å². The second kappa shape index (κ2) is 7.64. The van der Waals surface area contributed by atoms with Crippen molar-refractivity contribution in [2.75, 3.05) is 30.4 Å². The van der Waals surface area contributed by atoms with Gasteiger partial charge < -0.3 is 15.0 Å². The Morgan fingerprint density at radius 1 is 1.17 bits per heavy atom. The molecule has 0 bridgehead atoms. The van der Waals surface area contributed by atoms with Crippen LogP contribution < -0.4 is 15.0 Å². The number of ether oxygens (including phenoxy) is 1. The van der Waals surface area contributed by atoms with Crippen LogP contribution in [-0.2, 0) is 6.54 Å². The molecule has 0 spiro atoms. The number of hydrogen-bond acceptors (Lipinski definition) is 5. The van der Waals surface area contributed by atoms with Gasteiger partial charge in [0.2, 0.25) is 0 Å². The zero-order chi connectivity index (χ0) is 16.1. The lowest BCUT2D eigenvalue weighted by Crippen LogP contribution is -2.30. The van der Waals surface area contributed by atoms with E-state index in [9.17, 15) is 0 Å². The second-order valence-electron chi connectivity index (χ2n) is 5.62. The average Bonchev–Trinajstić information content (AvgIpc) is 2.61. The molecule has 2 aromatic rings. The average molecular weight is 377 g/mol. The Hall–Kier alpha value is -1.82. The summed E-state index contributed by atoms with van der Waals surface area (Å²) in [5.74, 6) is 2.71. The maximum atomic E-state index is 5.41. The number of benzene rings is 1. The summed E-state index contributed by atoms with van der Waals surface area (Å²) in [5, 5.41) is 3.36. The maximum Gasteiger partial charge on any atom is 0.134 e. The molecular weight excluding hydrogens is 356 g/mol. The Morgan fingerprint density at radius 2 is 2.00 bits per heavy atom. The standard InChI is InChI=1S/C17H21BrN4O/c1-23-15-6-5-14(18)9-13(15)11-19-16-10-17(21-12-20-16)22-7-3-2-4-8-22/h5-6,9-10,12H,2-4,7-8,11H2,1H3,(H,19,20,21). The van der Waals surface area contributed by atoms with Gasteiger partial charge in [0.1, 0.15) is 23.7 Å². The Kier molecular flexibility index (Phi) is 5.33. The third kappa shape index (κ3) is 4.13. The largest absolute Gasteiger partial charge is 0.496 e. The summed E-state index contributed by atoms with van der Waals surface area (Å²) in [6, 6.07) is 8.01. The molecule has 1 saturated heterocycles. The minimum Gasteiger partial charge on any atom is -0.496 e. The summed E-state index contributed by atoms with van der Waals surface area (Å²) in [7, 11) is 1.69. The van der Waals surface area contributed by atoms with Gasteiger partial charge in [0.05, 0.1) is 7.11 Å². The van der Waals surface area contributed by atoms with E-state index in [2.05, 4.69) is 42.2 Å². The van der Waals surface area contributed by atoms with Crippen molar-refractivity contribution in [1.82, 2.24) is 9.97 Å². The van der Waals surface area contributed by atoms with Crippen LogP contribution in [0.4, 0.5) is 11.6 Å². The number of rotatable bonds is 5. The first-order chi connectivity index (χ1) is 11.3. The molecule has 2 heterocycles. The summed E-state index contributed by atoms with van der Waals surface area (Å²) in [6.45, 7) is 2.81. The van der Waals surface area contributed by atoms with Crippen molar-refractivity contribution >= 4 is 27.6 Å². The molecule has 6 heteroatoms. The van der Waals surface area contributed by atoms with E-state index in [-0.39, 0.29) is 0 Å². The smallest absolute Gasteiger partial charge is 0.134 e. The van der Waals surface area contributed by atoms with Crippen LogP contribution in [-0.4, -0.2) is 30.2 Å². The molecule has 122 valence electrons. The van der Waals surface area contributed by atoms with Crippen LogP contribution in [0.15, 0.2) is 35.1 Å². The van der Waals surface area contributed by atoms with E-state index in [0.717, 1.165) is 40.5 Å². The molecule has 0 amide bonds. The summed E-state index contributed by atoms with van der Waals surface area (Å²) in [5.41, 5.74) is 1.08. The van der Waals surface area contributed by atoms with Crippen LogP contribution in [0.3, 0.4) is 0 Å². The van der Waals surface area contributed by atoms with Crippen molar-refractivity contribution in [3.05, 3.63) is 40.6 Å². The highest BCUT2D eigenvalue weighted by Gasteiger charge is 2.13. The van der Waals surface area contributed by atoms with Gasteiger partial charge >= 0.3 is 0 Å². The zero-order valence-corrected chi connectivity index (χ0v) is 14.8. The van der Waals surface area contributed by atoms with Crippen molar-refractivity contribution in [1.29, 1.82) is 0 Å². The molecular formula is C17H21BrN4O. The van der Waals surface area contributed by atoms with Crippen LogP contribution in [0.2, 0.25) is 0 Å². The fourth-order valence-corrected chi connectivity index (χ4v) is 3.22. The lowest BCUT2D eigenvalue weighted by molar-refractivity contribution is 0.410. The summed E-state index contributed by atoms with van der Waals surface area (Å²) in [6.07, 6.45) is 5.42. The zero-order valence-electron chi connectivity index (χ0n) is 13.3. The minimum atomic E-state index is 0.652. The SMILES string of the molecule is COc1ccc(Br)cc1CNc1cc(N2CCCCC2)ncn1. The van der Waals surface area contributed by atoms with Gasteiger partial charge in [0, 0.05) is 35.7 Å². The Labute approximate surface area is 145 Å². The topological polar surface area (TPSA) is 50.3 Å². The molecule has 0 radical (unpaired) electrons. The van der Waals surface area contributed by atoms with Crippen LogP contribution >= 0.6 is 15.9 Å². The lowest BCUT2D eigenvalue weighted by Gasteiger charge is -2.27. The number of aromatic nitrogens is 2. The number of nitrogens with zero attached hydrogens (tertiary/aromatic N) is 3. The molecule has 1 fully saturated rings. The summed E-state index contributed by atoms with van der Waals surface area (Å²) in [4.78, 5) is 11.1. The van der Waals surface area contributed by atoms with Gasteiger partial charge in [-0.3, -0.25) is 0 Å². The van der Waals surface area contributed by atoms with Crippen LogP contribution in [0, 0.1) is 0 Å². The van der Waals surface area contributed by atoms with Crippen molar-refractivity contribution in [2.45, 2.75) is 25.8 Å². The third-order valence-corrected chi connectivity index (χ3v) is 4.53. The number of piperidine rings is 1. The molecule has 0 aliphatic carbocycles. The molecule has 1 aliphatic heterocycles. The predicted molar refractivity (Wildman–Crippen MR) is 96.1 cm³/mol. The van der Waals surface area contributed by atoms with Crippen molar-refractivity contribution in [2.24, 2.45) is 0 Å². The first-order valence-corrected chi connectivity index (χ1v) is 8.69. The van der Waals surface area contributed by atoms with E-state index >= 15 is 0 Å². The molecule has 3 rings (SSSR count). The lowest BCUT2D eigenvalue weighted by atomic mass is 10.1. The molecule has 1 N–H and O–H groups in total. The van der Waals surface area contributed by atoms with Gasteiger partial charge in [-0.1, -0.05) is 15.9 Å². The minimum absolute atomic E-state index is 0.652. The fraction of sp³-hybridized carbons (Fsp3) is 0.412. The quantitative estimate of drug-likeness (QED) is 0.858. The Bertz CT molecular complexity index is 659. The van der Waals surface area contributed by atoms with Gasteiger partial charge in [-0.25, -0.2) is 9.97 Å². The van der Waals surface area contributed by atoms with E-state index in [1.54, 1.807) is 13.4 Å². The van der Waals surface area contributed by atoms with Gasteiger partial charge in [-0.2, -0.15) is 0 Å². The Morgan fingerprint density at radius 3 is 2.78 bits per heavy atom. The molecule has 1 aromatic heterocycles. The highest BCUT2D eigenvalue weighted by Crippen LogP contribution is 2.24. The molecule has 1 aliphatic rings. The fourth-order valence-electron chi connectivity index (χ4n) is 2.81. The van der Waals surface area contributed by atoms with Crippen LogP contribution in [0.25, 0.3) is 0 Å². The highest BCUT2D eigenvalue weighted by atomic mass is 79.9. The molecule has 0 unspecified atom stereocenters. The normalized spacial score (nSPS) is 14.6. The molecule has 5 nitrogen and oxygen atoms in total. The number of nitrogens with one attached hydrogen (secondary N) is 1. The van der Waals surface area contributed by atoms with Gasteiger partial charge in [0.25, 0.3) is 0 Å². The van der Waals surface area contributed by atoms with E-state index in [1.807, 2.05) is 18.2 Å². The summed E-state index contributed by atoms with van der Waals surface area (Å²) >= 11 is 3.50. The first kappa shape index (κ1) is 16.1. The van der Waals surface area contributed by atoms with Crippen LogP contribution in [0.1, 0.15) is 24.8 Å².